The summed E-state index contributed by atoms with van der Waals surface area (Å²) in [4.78, 5) is 5.70. The number of hydrogen-bond acceptors (Lipinski definition) is 7. The van der Waals surface area contributed by atoms with Crippen molar-refractivity contribution in [1.29, 1.82) is 0 Å². The number of thioether (sulfide) groups is 6. The van der Waals surface area contributed by atoms with E-state index in [-0.39, 0.29) is 0 Å². The molecule has 0 atom stereocenters. The molecule has 0 N–H and O–H groups in total. The van der Waals surface area contributed by atoms with Crippen LogP contribution in [0.25, 0.3) is 4.91 Å². The Labute approximate surface area is 143 Å². The number of nitrogens with zero attached hydrogens (tertiary/aromatic N) is 1. The van der Waals surface area contributed by atoms with Gasteiger partial charge in [0.05, 0.1) is 22.6 Å². The molecular formula is C13H9NS6. The van der Waals surface area contributed by atoms with E-state index in [1.165, 1.54) is 33.4 Å². The summed E-state index contributed by atoms with van der Waals surface area (Å²) in [5.41, 5.74) is 1.08. The van der Waals surface area contributed by atoms with Gasteiger partial charge in [0.2, 0.25) is 0 Å². The Kier molecular flexibility index (Phi) is 4.44. The molecule has 0 saturated heterocycles. The van der Waals surface area contributed by atoms with Crippen molar-refractivity contribution in [2.24, 2.45) is 0 Å². The predicted octanol–water partition coefficient (Wildman–Crippen LogP) is 6.07. The molecule has 1 aromatic heterocycles. The Bertz CT molecular complexity index is 614. The van der Waals surface area contributed by atoms with E-state index in [2.05, 4.69) is 16.5 Å². The molecule has 3 aliphatic heterocycles. The van der Waals surface area contributed by atoms with Crippen LogP contribution in [-0.2, 0) is 0 Å². The SMILES string of the molecule is C1=C(c2ccccn2)SC(=C2SC3=C(SCCS3)S2)S1. The minimum atomic E-state index is 1.08. The Morgan fingerprint density at radius 2 is 1.65 bits per heavy atom. The van der Waals surface area contributed by atoms with Crippen molar-refractivity contribution in [3.63, 3.8) is 0 Å². The van der Waals surface area contributed by atoms with Crippen molar-refractivity contribution in [3.05, 3.63) is 52.4 Å². The summed E-state index contributed by atoms with van der Waals surface area (Å²) in [7, 11) is 0. The van der Waals surface area contributed by atoms with Gasteiger partial charge in [0.1, 0.15) is 0 Å². The Balaban J connectivity index is 1.52. The minimum Gasteiger partial charge on any atom is -0.256 e. The third-order valence-corrected chi connectivity index (χ3v) is 11.3. The maximum Gasteiger partial charge on any atom is 0.0774 e. The molecule has 0 unspecified atom stereocenters. The summed E-state index contributed by atoms with van der Waals surface area (Å²) in [5.74, 6) is 2.49. The van der Waals surface area contributed by atoms with Crippen LogP contribution in [0.3, 0.4) is 0 Å². The van der Waals surface area contributed by atoms with Gasteiger partial charge in [-0.1, -0.05) is 53.1 Å². The van der Waals surface area contributed by atoms with Crippen LogP contribution in [0.15, 0.2) is 46.8 Å². The van der Waals surface area contributed by atoms with Gasteiger partial charge in [0, 0.05) is 22.6 Å². The van der Waals surface area contributed by atoms with E-state index in [1.807, 2.05) is 88.9 Å². The molecule has 0 spiro atoms. The minimum absolute atomic E-state index is 1.08. The van der Waals surface area contributed by atoms with Crippen molar-refractivity contribution in [1.82, 2.24) is 4.98 Å². The molecular weight excluding hydrogens is 363 g/mol. The molecule has 0 aromatic carbocycles. The molecule has 7 heteroatoms. The smallest absolute Gasteiger partial charge is 0.0774 e. The second kappa shape index (κ2) is 6.30. The lowest BCUT2D eigenvalue weighted by Gasteiger charge is -2.08. The van der Waals surface area contributed by atoms with Crippen LogP contribution in [0.4, 0.5) is 0 Å². The lowest BCUT2D eigenvalue weighted by atomic mass is 10.3. The van der Waals surface area contributed by atoms with E-state index in [0.29, 0.717) is 0 Å². The summed E-state index contributed by atoms with van der Waals surface area (Å²) >= 11 is 11.6. The molecule has 102 valence electrons. The lowest BCUT2D eigenvalue weighted by molar-refractivity contribution is 1.29. The maximum atomic E-state index is 4.44. The molecule has 0 aliphatic carbocycles. The third-order valence-electron chi connectivity index (χ3n) is 2.65. The molecule has 1 nitrogen and oxygen atoms in total. The first-order valence-corrected chi connectivity index (χ1v) is 11.3. The molecule has 0 fully saturated rings. The molecule has 3 aliphatic rings. The van der Waals surface area contributed by atoms with E-state index in [9.17, 15) is 0 Å². The van der Waals surface area contributed by atoms with Crippen LogP contribution < -0.4 is 0 Å². The number of pyridine rings is 1. The van der Waals surface area contributed by atoms with Crippen LogP contribution in [-0.4, -0.2) is 16.5 Å². The lowest BCUT2D eigenvalue weighted by Crippen LogP contribution is -1.88. The zero-order valence-electron chi connectivity index (χ0n) is 10.2. The molecule has 4 rings (SSSR count). The van der Waals surface area contributed by atoms with E-state index in [4.69, 9.17) is 0 Å². The monoisotopic (exact) mass is 371 g/mol. The summed E-state index contributed by atoms with van der Waals surface area (Å²) in [6.45, 7) is 0. The fourth-order valence-corrected chi connectivity index (χ4v) is 10.3. The van der Waals surface area contributed by atoms with Crippen LogP contribution >= 0.6 is 70.6 Å². The van der Waals surface area contributed by atoms with E-state index in [1.54, 1.807) is 0 Å². The van der Waals surface area contributed by atoms with Crippen molar-refractivity contribution in [3.8, 4) is 0 Å². The highest BCUT2D eigenvalue weighted by Gasteiger charge is 2.29. The molecule has 0 radical (unpaired) electrons. The molecule has 0 amide bonds. The average molecular weight is 372 g/mol. The largest absolute Gasteiger partial charge is 0.256 e. The summed E-state index contributed by atoms with van der Waals surface area (Å²) in [6, 6.07) is 6.09. The maximum absolute atomic E-state index is 4.44. The first-order valence-electron chi connectivity index (χ1n) is 5.96. The molecule has 20 heavy (non-hydrogen) atoms. The normalized spacial score (nSPS) is 22.3. The van der Waals surface area contributed by atoms with Gasteiger partial charge in [0.25, 0.3) is 0 Å². The number of rotatable bonds is 1. The summed E-state index contributed by atoms with van der Waals surface area (Å²) in [6.07, 6.45) is 1.86. The molecule has 0 bridgehead atoms. The van der Waals surface area contributed by atoms with Gasteiger partial charge < -0.3 is 0 Å². The van der Waals surface area contributed by atoms with Gasteiger partial charge in [0.15, 0.2) is 0 Å². The fourth-order valence-electron chi connectivity index (χ4n) is 1.77. The van der Waals surface area contributed by atoms with Crippen molar-refractivity contribution in [2.75, 3.05) is 11.5 Å². The van der Waals surface area contributed by atoms with Crippen LogP contribution in [0.5, 0.6) is 0 Å². The predicted molar refractivity (Wildman–Crippen MR) is 102 cm³/mol. The second-order valence-electron chi connectivity index (χ2n) is 3.97. The van der Waals surface area contributed by atoms with Gasteiger partial charge in [-0.2, -0.15) is 0 Å². The van der Waals surface area contributed by atoms with Gasteiger partial charge in [-0.3, -0.25) is 4.98 Å². The topological polar surface area (TPSA) is 12.9 Å². The first-order chi connectivity index (χ1) is 9.90. The van der Waals surface area contributed by atoms with E-state index in [0.717, 1.165) is 5.69 Å². The van der Waals surface area contributed by atoms with Crippen molar-refractivity contribution < 1.29 is 0 Å². The highest BCUT2D eigenvalue weighted by atomic mass is 32.3. The summed E-state index contributed by atoms with van der Waals surface area (Å²) < 4.78 is 5.90. The van der Waals surface area contributed by atoms with Crippen LogP contribution in [0.1, 0.15) is 5.69 Å². The van der Waals surface area contributed by atoms with E-state index >= 15 is 0 Å². The fraction of sp³-hybridized carbons (Fsp3) is 0.154. The van der Waals surface area contributed by atoms with Gasteiger partial charge in [-0.25, -0.2) is 0 Å². The molecule has 1 aromatic rings. The first kappa shape index (κ1) is 14.1. The van der Waals surface area contributed by atoms with Crippen LogP contribution in [0, 0.1) is 0 Å². The number of hydrogen-bond donors (Lipinski definition) is 0. The Morgan fingerprint density at radius 3 is 2.35 bits per heavy atom. The molecule has 0 saturated carbocycles. The standard InChI is InChI=1S/C13H9NS6/c1-2-4-14-8(3-1)9-7-17-12(18-9)13-19-10-11(20-13)16-6-5-15-10/h1-4,7H,5-6H2. The third kappa shape index (κ3) is 2.85. The second-order valence-corrected chi connectivity index (χ2v) is 11.2. The highest BCUT2D eigenvalue weighted by molar-refractivity contribution is 8.43. The highest BCUT2D eigenvalue weighted by Crippen LogP contribution is 2.64. The van der Waals surface area contributed by atoms with Crippen LogP contribution in [0.2, 0.25) is 0 Å². The average Bonchev–Trinajstić information content (AvgIpc) is 3.14. The Morgan fingerprint density at radius 1 is 0.850 bits per heavy atom. The van der Waals surface area contributed by atoms with E-state index < -0.39 is 0 Å². The zero-order valence-corrected chi connectivity index (χ0v) is 15.1. The Hall–Kier alpha value is 0.470. The van der Waals surface area contributed by atoms with Crippen molar-refractivity contribution >= 4 is 75.5 Å². The number of aromatic nitrogens is 1. The van der Waals surface area contributed by atoms with Gasteiger partial charge in [-0.05, 0) is 17.5 Å². The van der Waals surface area contributed by atoms with Gasteiger partial charge in [-0.15, -0.1) is 23.5 Å². The quantitative estimate of drug-likeness (QED) is 0.586. The summed E-state index contributed by atoms with van der Waals surface area (Å²) in [5, 5.41) is 2.23. The molecule has 4 heterocycles. The zero-order chi connectivity index (χ0) is 13.4. The van der Waals surface area contributed by atoms with Crippen molar-refractivity contribution in [2.45, 2.75) is 0 Å². The van der Waals surface area contributed by atoms with Gasteiger partial charge >= 0.3 is 0 Å².